The Labute approximate surface area is 127 Å². The molecule has 0 aliphatic carbocycles. The van der Waals surface area contributed by atoms with Crippen molar-refractivity contribution in [2.24, 2.45) is 10.3 Å². The SMILES string of the molecule is COC(=O)c1ccccc1N=NNc1cccc(SC)c1. The lowest BCUT2D eigenvalue weighted by atomic mass is 10.2. The largest absolute Gasteiger partial charge is 0.465 e. The molecule has 0 fully saturated rings. The van der Waals surface area contributed by atoms with Gasteiger partial charge in [0.05, 0.1) is 18.4 Å². The van der Waals surface area contributed by atoms with Crippen LogP contribution in [0.25, 0.3) is 0 Å². The van der Waals surface area contributed by atoms with Crippen molar-refractivity contribution in [2.45, 2.75) is 4.90 Å². The highest BCUT2D eigenvalue weighted by Gasteiger charge is 2.10. The molecule has 0 saturated heterocycles. The lowest BCUT2D eigenvalue weighted by molar-refractivity contribution is 0.0601. The number of ether oxygens (including phenoxy) is 1. The Morgan fingerprint density at radius 2 is 2.00 bits per heavy atom. The van der Waals surface area contributed by atoms with Crippen molar-refractivity contribution >= 4 is 29.1 Å². The minimum absolute atomic E-state index is 0.378. The van der Waals surface area contributed by atoms with Gasteiger partial charge in [0.1, 0.15) is 5.69 Å². The van der Waals surface area contributed by atoms with E-state index in [-0.39, 0.29) is 0 Å². The summed E-state index contributed by atoms with van der Waals surface area (Å²) in [4.78, 5) is 12.7. The summed E-state index contributed by atoms with van der Waals surface area (Å²) in [6.45, 7) is 0. The smallest absolute Gasteiger partial charge is 0.340 e. The summed E-state index contributed by atoms with van der Waals surface area (Å²) in [5.41, 5.74) is 4.51. The topological polar surface area (TPSA) is 63.0 Å². The number of anilines is 1. The van der Waals surface area contributed by atoms with Gasteiger partial charge in [-0.05, 0) is 36.6 Å². The molecule has 6 heteroatoms. The van der Waals surface area contributed by atoms with Crippen molar-refractivity contribution in [1.29, 1.82) is 0 Å². The summed E-state index contributed by atoms with van der Waals surface area (Å²) >= 11 is 1.65. The highest BCUT2D eigenvalue weighted by atomic mass is 32.2. The quantitative estimate of drug-likeness (QED) is 0.387. The predicted molar refractivity (Wildman–Crippen MR) is 84.1 cm³/mol. The van der Waals surface area contributed by atoms with E-state index in [1.165, 1.54) is 7.11 Å². The van der Waals surface area contributed by atoms with Crippen molar-refractivity contribution in [1.82, 2.24) is 0 Å². The number of methoxy groups -OCH3 is 1. The first-order valence-corrected chi connectivity index (χ1v) is 7.45. The lowest BCUT2D eigenvalue weighted by Gasteiger charge is -2.03. The van der Waals surface area contributed by atoms with Crippen molar-refractivity contribution in [2.75, 3.05) is 18.8 Å². The van der Waals surface area contributed by atoms with Gasteiger partial charge in [0, 0.05) is 4.90 Å². The van der Waals surface area contributed by atoms with Crippen LogP contribution in [0, 0.1) is 0 Å². The normalized spacial score (nSPS) is 10.6. The maximum Gasteiger partial charge on any atom is 0.340 e. The molecule has 0 aliphatic heterocycles. The summed E-state index contributed by atoms with van der Waals surface area (Å²) in [5, 5.41) is 7.95. The van der Waals surface area contributed by atoms with E-state index < -0.39 is 5.97 Å². The summed E-state index contributed by atoms with van der Waals surface area (Å²) in [7, 11) is 1.34. The third kappa shape index (κ3) is 4.06. The third-order valence-corrected chi connectivity index (χ3v) is 3.44. The molecule has 21 heavy (non-hydrogen) atoms. The van der Waals surface area contributed by atoms with Gasteiger partial charge in [-0.2, -0.15) is 0 Å². The predicted octanol–water partition coefficient (Wildman–Crippen LogP) is 4.31. The Kier molecular flexibility index (Phi) is 5.34. The van der Waals surface area contributed by atoms with Gasteiger partial charge >= 0.3 is 5.97 Å². The standard InChI is InChI=1S/C15H15N3O2S/c1-20-15(19)13-8-3-4-9-14(13)17-18-16-11-6-5-7-12(10-11)21-2/h3-10H,1-2H3,(H,16,17). The molecule has 0 amide bonds. The molecular formula is C15H15N3O2S. The van der Waals surface area contributed by atoms with Crippen LogP contribution in [0.5, 0.6) is 0 Å². The molecule has 2 rings (SSSR count). The zero-order valence-electron chi connectivity index (χ0n) is 11.7. The summed E-state index contributed by atoms with van der Waals surface area (Å²) in [5.74, 6) is -0.436. The first kappa shape index (κ1) is 15.1. The number of carbonyl (C=O) groups is 1. The van der Waals surface area contributed by atoms with Crippen LogP contribution in [-0.4, -0.2) is 19.3 Å². The maximum absolute atomic E-state index is 11.6. The Morgan fingerprint density at radius 1 is 1.19 bits per heavy atom. The van der Waals surface area contributed by atoms with Crippen LogP contribution in [0.15, 0.2) is 63.8 Å². The van der Waals surface area contributed by atoms with E-state index in [1.807, 2.05) is 30.5 Å². The minimum atomic E-state index is -0.436. The van der Waals surface area contributed by atoms with Gasteiger partial charge in [0.15, 0.2) is 0 Å². The molecule has 0 heterocycles. The average molecular weight is 301 g/mol. The van der Waals surface area contributed by atoms with Crippen molar-refractivity contribution in [3.63, 3.8) is 0 Å². The molecule has 0 bridgehead atoms. The van der Waals surface area contributed by atoms with Crippen LogP contribution in [0.4, 0.5) is 11.4 Å². The number of nitrogens with one attached hydrogen (secondary N) is 1. The number of nitrogens with zero attached hydrogens (tertiary/aromatic N) is 2. The van der Waals surface area contributed by atoms with Gasteiger partial charge < -0.3 is 4.74 Å². The van der Waals surface area contributed by atoms with Gasteiger partial charge in [-0.25, -0.2) is 4.79 Å². The van der Waals surface area contributed by atoms with Crippen LogP contribution in [0.2, 0.25) is 0 Å². The highest BCUT2D eigenvalue weighted by Crippen LogP contribution is 2.21. The Balaban J connectivity index is 2.13. The fourth-order valence-corrected chi connectivity index (χ4v) is 2.13. The van der Waals surface area contributed by atoms with Gasteiger partial charge in [-0.1, -0.05) is 23.4 Å². The second-order valence-electron chi connectivity index (χ2n) is 4.05. The monoisotopic (exact) mass is 301 g/mol. The first-order chi connectivity index (χ1) is 10.2. The van der Waals surface area contributed by atoms with Gasteiger partial charge in [0.25, 0.3) is 0 Å². The number of benzene rings is 2. The van der Waals surface area contributed by atoms with Crippen molar-refractivity contribution in [3.8, 4) is 0 Å². The van der Waals surface area contributed by atoms with Crippen molar-refractivity contribution < 1.29 is 9.53 Å². The van der Waals surface area contributed by atoms with E-state index in [9.17, 15) is 4.79 Å². The zero-order chi connectivity index (χ0) is 15.1. The Bertz CT molecular complexity index is 659. The highest BCUT2D eigenvalue weighted by molar-refractivity contribution is 7.98. The molecule has 0 aromatic heterocycles. The number of hydrogen-bond acceptors (Lipinski definition) is 5. The minimum Gasteiger partial charge on any atom is -0.465 e. The Hall–Kier alpha value is -2.34. The van der Waals surface area contributed by atoms with E-state index in [0.717, 1.165) is 10.6 Å². The molecule has 0 radical (unpaired) electrons. The number of thioether (sulfide) groups is 1. The van der Waals surface area contributed by atoms with Gasteiger partial charge in [-0.3, -0.25) is 5.43 Å². The molecule has 0 saturated carbocycles. The van der Waals surface area contributed by atoms with E-state index in [2.05, 4.69) is 15.8 Å². The van der Waals surface area contributed by atoms with Gasteiger partial charge in [-0.15, -0.1) is 16.9 Å². The summed E-state index contributed by atoms with van der Waals surface area (Å²) in [6, 6.07) is 14.7. The molecule has 1 N–H and O–H groups in total. The van der Waals surface area contributed by atoms with Crippen LogP contribution < -0.4 is 5.43 Å². The first-order valence-electron chi connectivity index (χ1n) is 6.22. The zero-order valence-corrected chi connectivity index (χ0v) is 12.6. The maximum atomic E-state index is 11.6. The lowest BCUT2D eigenvalue weighted by Crippen LogP contribution is -2.01. The van der Waals surface area contributed by atoms with E-state index >= 15 is 0 Å². The molecule has 5 nitrogen and oxygen atoms in total. The fourth-order valence-electron chi connectivity index (χ4n) is 1.67. The third-order valence-electron chi connectivity index (χ3n) is 2.72. The van der Waals surface area contributed by atoms with Crippen LogP contribution in [0.3, 0.4) is 0 Å². The molecule has 108 valence electrons. The van der Waals surface area contributed by atoms with E-state index in [1.54, 1.807) is 36.0 Å². The number of esters is 1. The number of rotatable bonds is 5. The Morgan fingerprint density at radius 3 is 2.76 bits per heavy atom. The molecule has 0 spiro atoms. The molecular weight excluding hydrogens is 286 g/mol. The molecule has 0 atom stereocenters. The summed E-state index contributed by atoms with van der Waals surface area (Å²) < 4.78 is 4.71. The number of carbonyl (C=O) groups excluding carboxylic acids is 1. The molecule has 0 aliphatic rings. The molecule has 0 unspecified atom stereocenters. The van der Waals surface area contributed by atoms with E-state index in [4.69, 9.17) is 4.74 Å². The molecule has 2 aromatic carbocycles. The average Bonchev–Trinajstić information content (AvgIpc) is 2.55. The number of hydrogen-bond donors (Lipinski definition) is 1. The fraction of sp³-hybridized carbons (Fsp3) is 0.133. The van der Waals surface area contributed by atoms with Crippen LogP contribution in [0.1, 0.15) is 10.4 Å². The van der Waals surface area contributed by atoms with Gasteiger partial charge in [0.2, 0.25) is 0 Å². The van der Waals surface area contributed by atoms with Crippen molar-refractivity contribution in [3.05, 3.63) is 54.1 Å². The van der Waals surface area contributed by atoms with E-state index in [0.29, 0.717) is 11.3 Å². The second kappa shape index (κ2) is 7.44. The second-order valence-corrected chi connectivity index (χ2v) is 4.93. The summed E-state index contributed by atoms with van der Waals surface area (Å²) in [6.07, 6.45) is 2.01. The van der Waals surface area contributed by atoms with Crippen LogP contribution >= 0.6 is 11.8 Å². The molecule has 2 aromatic rings. The van der Waals surface area contributed by atoms with Crippen LogP contribution in [-0.2, 0) is 4.74 Å².